The molecule has 2 N–H and O–H groups in total. The summed E-state index contributed by atoms with van der Waals surface area (Å²) in [7, 11) is 1.67. The minimum Gasteiger partial charge on any atom is -0.483 e. The van der Waals surface area contributed by atoms with Gasteiger partial charge >= 0.3 is 0 Å². The molecule has 0 saturated carbocycles. The molecule has 42 heavy (non-hydrogen) atoms. The zero-order valence-electron chi connectivity index (χ0n) is 24.9. The molecule has 9 nitrogen and oxygen atoms in total. The van der Waals surface area contributed by atoms with E-state index in [1.807, 2.05) is 50.2 Å². The second kappa shape index (κ2) is 14.9. The summed E-state index contributed by atoms with van der Waals surface area (Å²) in [6.45, 7) is 11.7. The molecule has 0 aliphatic carbocycles. The third-order valence-electron chi connectivity index (χ3n) is 6.39. The van der Waals surface area contributed by atoms with Crippen LogP contribution in [0.3, 0.4) is 0 Å². The molecule has 11 heteroatoms. The highest BCUT2D eigenvalue weighted by molar-refractivity contribution is 6.38. The molecule has 0 saturated heterocycles. The molecule has 1 heterocycles. The Kier molecular flexibility index (Phi) is 11.6. The largest absolute Gasteiger partial charge is 0.483 e. The summed E-state index contributed by atoms with van der Waals surface area (Å²) < 4.78 is 13.0. The van der Waals surface area contributed by atoms with Gasteiger partial charge in [0.05, 0.1) is 12.4 Å². The minimum absolute atomic E-state index is 0.215. The minimum atomic E-state index is -0.447. The van der Waals surface area contributed by atoms with Crippen LogP contribution in [0.5, 0.6) is 11.5 Å². The lowest BCUT2D eigenvalue weighted by atomic mass is 10.0. The number of benzene rings is 2. The van der Waals surface area contributed by atoms with E-state index in [4.69, 9.17) is 32.7 Å². The van der Waals surface area contributed by atoms with E-state index < -0.39 is 11.8 Å². The first-order valence-electron chi connectivity index (χ1n) is 13.5. The summed E-state index contributed by atoms with van der Waals surface area (Å²) in [6.07, 6.45) is 2.71. The smallest absolute Gasteiger partial charge is 0.277 e. The molecule has 2 aromatic carbocycles. The van der Waals surface area contributed by atoms with Crippen LogP contribution in [-0.2, 0) is 16.6 Å². The Morgan fingerprint density at radius 3 is 1.52 bits per heavy atom. The number of rotatable bonds is 12. The summed E-state index contributed by atoms with van der Waals surface area (Å²) in [5.41, 5.74) is 9.78. The second-order valence-corrected chi connectivity index (χ2v) is 11.2. The Labute approximate surface area is 256 Å². The Morgan fingerprint density at radius 2 is 1.17 bits per heavy atom. The van der Waals surface area contributed by atoms with Gasteiger partial charge in [0.1, 0.15) is 21.8 Å². The fraction of sp³-hybridized carbons (Fsp3) is 0.355. The third-order valence-corrected chi connectivity index (χ3v) is 7.30. The van der Waals surface area contributed by atoms with Gasteiger partial charge in [0.2, 0.25) is 0 Å². The summed E-state index contributed by atoms with van der Waals surface area (Å²) in [4.78, 5) is 24.8. The van der Waals surface area contributed by atoms with Crippen LogP contribution in [-0.4, -0.2) is 42.0 Å². The van der Waals surface area contributed by atoms with Gasteiger partial charge in [-0.15, -0.1) is 0 Å². The standard InChI is InChI=1S/C31H37Cl2N5O4/c1-18(2)22-10-8-20(5)12-26(22)41-16-28(39)36-34-14-24-25(31(33)38(7)30(24)32)15-35-37-29(40)17-42-27-13-21(6)9-11-23(27)19(3)4/h8-15,18-19H,16-17H2,1-7H3,(H,36,39)(H,37,40)/b34-14-,35-15-. The van der Waals surface area contributed by atoms with Crippen molar-refractivity contribution in [3.63, 3.8) is 0 Å². The van der Waals surface area contributed by atoms with Crippen molar-refractivity contribution in [1.29, 1.82) is 0 Å². The van der Waals surface area contributed by atoms with Crippen molar-refractivity contribution in [3.8, 4) is 11.5 Å². The Hall–Kier alpha value is -3.82. The van der Waals surface area contributed by atoms with Crippen molar-refractivity contribution in [1.82, 2.24) is 15.4 Å². The zero-order chi connectivity index (χ0) is 31.0. The van der Waals surface area contributed by atoms with Gasteiger partial charge in [-0.25, -0.2) is 10.9 Å². The zero-order valence-corrected chi connectivity index (χ0v) is 26.4. The summed E-state index contributed by atoms with van der Waals surface area (Å²) in [5, 5.41) is 8.56. The number of hydrazone groups is 2. The van der Waals surface area contributed by atoms with Gasteiger partial charge in [-0.3, -0.25) is 9.59 Å². The highest BCUT2D eigenvalue weighted by atomic mass is 35.5. The van der Waals surface area contributed by atoms with Gasteiger partial charge in [-0.05, 0) is 60.1 Å². The quantitative estimate of drug-likeness (QED) is 0.186. The second-order valence-electron chi connectivity index (χ2n) is 10.5. The number of amides is 2. The lowest BCUT2D eigenvalue weighted by Crippen LogP contribution is -2.25. The molecule has 0 atom stereocenters. The maximum atomic E-state index is 12.4. The van der Waals surface area contributed by atoms with Crippen LogP contribution in [0.1, 0.15) is 72.9 Å². The van der Waals surface area contributed by atoms with E-state index in [2.05, 4.69) is 48.7 Å². The normalized spacial score (nSPS) is 11.6. The molecule has 0 bridgehead atoms. The molecule has 0 unspecified atom stereocenters. The van der Waals surface area contributed by atoms with Crippen molar-refractivity contribution in [3.05, 3.63) is 80.1 Å². The highest BCUT2D eigenvalue weighted by Crippen LogP contribution is 2.29. The number of halogens is 2. The van der Waals surface area contributed by atoms with Gasteiger partial charge in [0.15, 0.2) is 13.2 Å². The van der Waals surface area contributed by atoms with Crippen LogP contribution >= 0.6 is 23.2 Å². The number of carbonyl (C=O) groups excluding carboxylic acids is 2. The van der Waals surface area contributed by atoms with Crippen LogP contribution in [0.2, 0.25) is 10.3 Å². The van der Waals surface area contributed by atoms with Gasteiger partial charge in [0, 0.05) is 18.2 Å². The van der Waals surface area contributed by atoms with Crippen LogP contribution in [0.25, 0.3) is 0 Å². The maximum absolute atomic E-state index is 12.4. The Balaban J connectivity index is 1.61. The van der Waals surface area contributed by atoms with Crippen LogP contribution in [0.4, 0.5) is 0 Å². The van der Waals surface area contributed by atoms with E-state index in [-0.39, 0.29) is 35.4 Å². The van der Waals surface area contributed by atoms with Crippen molar-refractivity contribution in [2.45, 2.75) is 53.4 Å². The number of aryl methyl sites for hydroxylation is 2. The third kappa shape index (κ3) is 8.59. The molecule has 0 fully saturated rings. The number of carbonyl (C=O) groups is 2. The highest BCUT2D eigenvalue weighted by Gasteiger charge is 2.17. The maximum Gasteiger partial charge on any atom is 0.277 e. The summed E-state index contributed by atoms with van der Waals surface area (Å²) in [5.74, 6) is 0.916. The first-order chi connectivity index (χ1) is 19.9. The number of ether oxygens (including phenoxy) is 2. The molecule has 0 radical (unpaired) electrons. The predicted octanol–water partition coefficient (Wildman–Crippen LogP) is 6.25. The Bertz CT molecular complexity index is 1390. The first-order valence-corrected chi connectivity index (χ1v) is 14.3. The molecule has 1 aromatic heterocycles. The van der Waals surface area contributed by atoms with Gasteiger partial charge in [-0.2, -0.15) is 10.2 Å². The monoisotopic (exact) mass is 613 g/mol. The number of aromatic nitrogens is 1. The van der Waals surface area contributed by atoms with Crippen molar-refractivity contribution in [2.75, 3.05) is 13.2 Å². The molecule has 0 aliphatic rings. The summed E-state index contributed by atoms with van der Waals surface area (Å²) >= 11 is 12.9. The topological polar surface area (TPSA) is 106 Å². The average molecular weight is 615 g/mol. The molecule has 2 amide bonds. The van der Waals surface area contributed by atoms with Gasteiger partial charge < -0.3 is 14.0 Å². The van der Waals surface area contributed by atoms with Crippen LogP contribution in [0.15, 0.2) is 46.6 Å². The van der Waals surface area contributed by atoms with Crippen molar-refractivity contribution < 1.29 is 19.1 Å². The van der Waals surface area contributed by atoms with E-state index in [0.29, 0.717) is 22.6 Å². The van der Waals surface area contributed by atoms with Crippen molar-refractivity contribution >= 4 is 47.4 Å². The molecule has 0 aliphatic heterocycles. The number of nitrogens with zero attached hydrogens (tertiary/aromatic N) is 3. The van der Waals surface area contributed by atoms with Gasteiger partial charge in [-0.1, -0.05) is 75.2 Å². The first kappa shape index (κ1) is 32.7. The summed E-state index contributed by atoms with van der Waals surface area (Å²) in [6, 6.07) is 11.8. The molecule has 0 spiro atoms. The SMILES string of the molecule is Cc1ccc(C(C)C)c(OCC(=O)N/N=C\c2c(/C=N\NC(=O)COc3cc(C)ccc3C(C)C)c(Cl)n(C)c2Cl)c1. The van der Waals surface area contributed by atoms with Crippen LogP contribution in [0, 0.1) is 13.8 Å². The van der Waals surface area contributed by atoms with Gasteiger partial charge in [0.25, 0.3) is 11.8 Å². The lowest BCUT2D eigenvalue weighted by Gasteiger charge is -2.14. The average Bonchev–Trinajstić information content (AvgIpc) is 3.13. The van der Waals surface area contributed by atoms with E-state index >= 15 is 0 Å². The molecule has 3 aromatic rings. The number of nitrogens with one attached hydrogen (secondary N) is 2. The van der Waals surface area contributed by atoms with E-state index in [0.717, 1.165) is 22.3 Å². The molecular formula is C31H37Cl2N5O4. The number of hydrogen-bond acceptors (Lipinski definition) is 6. The van der Waals surface area contributed by atoms with Crippen LogP contribution < -0.4 is 20.3 Å². The lowest BCUT2D eigenvalue weighted by molar-refractivity contribution is -0.123. The fourth-order valence-electron chi connectivity index (χ4n) is 4.09. The van der Waals surface area contributed by atoms with E-state index in [1.54, 1.807) is 7.05 Å². The molecule has 3 rings (SSSR count). The molecule has 224 valence electrons. The van der Waals surface area contributed by atoms with Crippen molar-refractivity contribution in [2.24, 2.45) is 17.3 Å². The number of hydrogen-bond donors (Lipinski definition) is 2. The predicted molar refractivity (Wildman–Crippen MR) is 168 cm³/mol. The van der Waals surface area contributed by atoms with E-state index in [9.17, 15) is 9.59 Å². The Morgan fingerprint density at radius 1 is 0.786 bits per heavy atom. The van der Waals surface area contributed by atoms with E-state index in [1.165, 1.54) is 17.0 Å². The molecular weight excluding hydrogens is 577 g/mol. The fourth-order valence-corrected chi connectivity index (χ4v) is 4.60.